The summed E-state index contributed by atoms with van der Waals surface area (Å²) in [5.74, 6) is 3.44. The molecule has 0 unspecified atom stereocenters. The monoisotopic (exact) mass is 422 g/mol. The highest BCUT2D eigenvalue weighted by molar-refractivity contribution is 5.98. The smallest absolute Gasteiger partial charge is 0.247 e. The Morgan fingerprint density at radius 2 is 1.61 bits per heavy atom. The topological polar surface area (TPSA) is 65.5 Å². The first-order valence-electron chi connectivity index (χ1n) is 12.4. The van der Waals surface area contributed by atoms with Gasteiger partial charge in [0.25, 0.3) is 0 Å². The van der Waals surface area contributed by atoms with Gasteiger partial charge in [0.15, 0.2) is 0 Å². The fraction of sp³-hybridized carbons (Fsp3) is 0.720. The standard InChI is InChI=1S/C25H34N4O2/c30-23(27-20-5-6-22(26-16-20)28-7-1-2-8-28)21-4-3-9-29(21)24(31)25-13-17-10-18(14-25)12-19(11-17)15-25/h5-6,16-19,21H,1-4,7-15H2,(H,27,30)/t17?,18?,19?,21-,25?/m0/s1. The molecule has 2 aliphatic heterocycles. The highest BCUT2D eigenvalue weighted by Crippen LogP contribution is 2.60. The molecule has 1 aromatic heterocycles. The molecule has 1 N–H and O–H groups in total. The molecule has 4 saturated carbocycles. The zero-order valence-electron chi connectivity index (χ0n) is 18.4. The molecule has 0 spiro atoms. The van der Waals surface area contributed by atoms with Crippen LogP contribution in [0.25, 0.3) is 0 Å². The van der Waals surface area contributed by atoms with Crippen LogP contribution < -0.4 is 10.2 Å². The normalized spacial score (nSPS) is 36.3. The summed E-state index contributed by atoms with van der Waals surface area (Å²) in [7, 11) is 0. The minimum atomic E-state index is -0.334. The summed E-state index contributed by atoms with van der Waals surface area (Å²) >= 11 is 0. The van der Waals surface area contributed by atoms with E-state index in [0.717, 1.165) is 81.0 Å². The second-order valence-corrected chi connectivity index (χ2v) is 10.9. The molecule has 1 aromatic rings. The Hall–Kier alpha value is -2.11. The van der Waals surface area contributed by atoms with E-state index >= 15 is 0 Å². The van der Waals surface area contributed by atoms with Gasteiger partial charge in [-0.3, -0.25) is 9.59 Å². The molecular formula is C25H34N4O2. The zero-order valence-corrected chi connectivity index (χ0v) is 18.4. The van der Waals surface area contributed by atoms with Crippen LogP contribution in [0.5, 0.6) is 0 Å². The lowest BCUT2D eigenvalue weighted by Crippen LogP contribution is -2.56. The average Bonchev–Trinajstić information content (AvgIpc) is 3.45. The van der Waals surface area contributed by atoms with Crippen molar-refractivity contribution in [3.8, 4) is 0 Å². The molecule has 6 heteroatoms. The first kappa shape index (κ1) is 19.6. The second-order valence-electron chi connectivity index (χ2n) is 10.9. The van der Waals surface area contributed by atoms with Crippen molar-refractivity contribution in [2.45, 2.75) is 70.3 Å². The van der Waals surface area contributed by atoms with E-state index in [4.69, 9.17) is 0 Å². The van der Waals surface area contributed by atoms with Crippen LogP contribution in [0.2, 0.25) is 0 Å². The number of nitrogens with one attached hydrogen (secondary N) is 1. The SMILES string of the molecule is O=C(Nc1ccc(N2CCCC2)nc1)[C@@H]1CCCN1C(=O)C12CC3CC(CC(C3)C1)C2. The highest BCUT2D eigenvalue weighted by atomic mass is 16.2. The number of hydrogen-bond acceptors (Lipinski definition) is 4. The third-order valence-corrected chi connectivity index (χ3v) is 8.75. The fourth-order valence-corrected chi connectivity index (χ4v) is 7.78. The predicted molar refractivity (Wildman–Crippen MR) is 120 cm³/mol. The van der Waals surface area contributed by atoms with Gasteiger partial charge in [0.1, 0.15) is 11.9 Å². The number of anilines is 2. The van der Waals surface area contributed by atoms with Crippen LogP contribution in [0.15, 0.2) is 18.3 Å². The Bertz CT molecular complexity index is 825. The van der Waals surface area contributed by atoms with E-state index in [1.807, 2.05) is 17.0 Å². The van der Waals surface area contributed by atoms with Gasteiger partial charge in [0.2, 0.25) is 11.8 Å². The quantitative estimate of drug-likeness (QED) is 0.801. The molecule has 7 rings (SSSR count). The average molecular weight is 423 g/mol. The first-order valence-corrected chi connectivity index (χ1v) is 12.4. The van der Waals surface area contributed by atoms with Crippen LogP contribution in [0.3, 0.4) is 0 Å². The van der Waals surface area contributed by atoms with Crippen molar-refractivity contribution in [1.29, 1.82) is 0 Å². The molecule has 3 heterocycles. The van der Waals surface area contributed by atoms with Crippen molar-refractivity contribution in [3.05, 3.63) is 18.3 Å². The number of carbonyl (C=O) groups excluding carboxylic acids is 2. The molecule has 4 aliphatic carbocycles. The molecular weight excluding hydrogens is 388 g/mol. The maximum absolute atomic E-state index is 13.8. The fourth-order valence-electron chi connectivity index (χ4n) is 7.78. The van der Waals surface area contributed by atoms with Gasteiger partial charge in [0, 0.05) is 19.6 Å². The lowest BCUT2D eigenvalue weighted by molar-refractivity contribution is -0.160. The van der Waals surface area contributed by atoms with Gasteiger partial charge in [-0.1, -0.05) is 0 Å². The summed E-state index contributed by atoms with van der Waals surface area (Å²) < 4.78 is 0. The van der Waals surface area contributed by atoms with Crippen molar-refractivity contribution < 1.29 is 9.59 Å². The van der Waals surface area contributed by atoms with Gasteiger partial charge in [0.05, 0.1) is 17.3 Å². The van der Waals surface area contributed by atoms with E-state index in [2.05, 4.69) is 15.2 Å². The van der Waals surface area contributed by atoms with Crippen LogP contribution in [-0.2, 0) is 9.59 Å². The number of hydrogen-bond donors (Lipinski definition) is 1. The predicted octanol–water partition coefficient (Wildman–Crippen LogP) is 3.83. The van der Waals surface area contributed by atoms with Crippen LogP contribution in [0, 0.1) is 23.2 Å². The van der Waals surface area contributed by atoms with Gasteiger partial charge in [-0.2, -0.15) is 0 Å². The van der Waals surface area contributed by atoms with E-state index in [1.165, 1.54) is 32.1 Å². The number of likely N-dealkylation sites (tertiary alicyclic amines) is 1. The Labute approximate surface area is 184 Å². The van der Waals surface area contributed by atoms with Gasteiger partial charge in [-0.05, 0) is 94.1 Å². The maximum atomic E-state index is 13.8. The molecule has 6 fully saturated rings. The van der Waals surface area contributed by atoms with Crippen molar-refractivity contribution >= 4 is 23.3 Å². The van der Waals surface area contributed by atoms with Gasteiger partial charge >= 0.3 is 0 Å². The molecule has 2 amide bonds. The Morgan fingerprint density at radius 3 is 2.23 bits per heavy atom. The molecule has 0 aromatic carbocycles. The molecule has 1 atom stereocenters. The molecule has 6 aliphatic rings. The van der Waals surface area contributed by atoms with E-state index in [1.54, 1.807) is 6.20 Å². The van der Waals surface area contributed by atoms with Crippen LogP contribution >= 0.6 is 0 Å². The van der Waals surface area contributed by atoms with E-state index < -0.39 is 0 Å². The van der Waals surface area contributed by atoms with Crippen molar-refractivity contribution in [3.63, 3.8) is 0 Å². The number of aromatic nitrogens is 1. The molecule has 31 heavy (non-hydrogen) atoms. The van der Waals surface area contributed by atoms with Crippen LogP contribution in [0.4, 0.5) is 11.5 Å². The number of carbonyl (C=O) groups is 2. The van der Waals surface area contributed by atoms with E-state index in [-0.39, 0.29) is 23.3 Å². The van der Waals surface area contributed by atoms with Gasteiger partial charge in [-0.15, -0.1) is 0 Å². The molecule has 2 saturated heterocycles. The molecule has 166 valence electrons. The maximum Gasteiger partial charge on any atom is 0.247 e. The van der Waals surface area contributed by atoms with Crippen molar-refractivity contribution in [1.82, 2.24) is 9.88 Å². The lowest BCUT2D eigenvalue weighted by atomic mass is 9.49. The summed E-state index contributed by atoms with van der Waals surface area (Å²) in [5.41, 5.74) is 0.554. The Balaban J connectivity index is 1.14. The molecule has 0 radical (unpaired) electrons. The van der Waals surface area contributed by atoms with Crippen LogP contribution in [-0.4, -0.2) is 47.4 Å². The summed E-state index contributed by atoms with van der Waals surface area (Å²) in [6, 6.07) is 3.60. The second kappa shape index (κ2) is 7.49. The third-order valence-electron chi connectivity index (χ3n) is 8.75. The summed E-state index contributed by atoms with van der Waals surface area (Å²) in [6.45, 7) is 2.84. The Kier molecular flexibility index (Phi) is 4.73. The van der Waals surface area contributed by atoms with E-state index in [9.17, 15) is 9.59 Å². The molecule has 6 nitrogen and oxygen atoms in total. The van der Waals surface area contributed by atoms with E-state index in [0.29, 0.717) is 0 Å². The summed E-state index contributed by atoms with van der Waals surface area (Å²) in [6.07, 6.45) is 13.0. The highest BCUT2D eigenvalue weighted by Gasteiger charge is 2.56. The molecule has 4 bridgehead atoms. The number of pyridine rings is 1. The Morgan fingerprint density at radius 1 is 0.935 bits per heavy atom. The lowest BCUT2D eigenvalue weighted by Gasteiger charge is -2.56. The number of amides is 2. The summed E-state index contributed by atoms with van der Waals surface area (Å²) in [5, 5.41) is 3.05. The zero-order chi connectivity index (χ0) is 21.0. The van der Waals surface area contributed by atoms with Crippen molar-refractivity contribution in [2.75, 3.05) is 29.9 Å². The minimum Gasteiger partial charge on any atom is -0.357 e. The van der Waals surface area contributed by atoms with Gasteiger partial charge in [-0.25, -0.2) is 4.98 Å². The van der Waals surface area contributed by atoms with Crippen LogP contribution in [0.1, 0.15) is 64.2 Å². The van der Waals surface area contributed by atoms with Crippen molar-refractivity contribution in [2.24, 2.45) is 23.2 Å². The number of nitrogens with zero attached hydrogens (tertiary/aromatic N) is 3. The third kappa shape index (κ3) is 3.42. The first-order chi connectivity index (χ1) is 15.1. The number of rotatable bonds is 4. The van der Waals surface area contributed by atoms with Gasteiger partial charge < -0.3 is 15.1 Å². The summed E-state index contributed by atoms with van der Waals surface area (Å²) in [4.78, 5) is 35.7. The minimum absolute atomic E-state index is 0.0497. The largest absolute Gasteiger partial charge is 0.357 e.